The zero-order chi connectivity index (χ0) is 29.4. The fourth-order valence-electron chi connectivity index (χ4n) is 5.19. The van der Waals surface area contributed by atoms with Crippen LogP contribution in [-0.2, 0) is 26.2 Å². The molecule has 1 aliphatic rings. The average Bonchev–Trinajstić information content (AvgIpc) is 3.00. The van der Waals surface area contributed by atoms with Gasteiger partial charge in [-0.2, -0.15) is 0 Å². The molecule has 0 heterocycles. The Morgan fingerprint density at radius 1 is 0.927 bits per heavy atom. The number of ether oxygens (including phenoxy) is 1. The van der Waals surface area contributed by atoms with Crippen LogP contribution in [0.25, 0.3) is 0 Å². The summed E-state index contributed by atoms with van der Waals surface area (Å²) in [5, 5.41) is 3.13. The summed E-state index contributed by atoms with van der Waals surface area (Å²) in [4.78, 5) is 29.1. The number of aryl methyl sites for hydroxylation is 1. The zero-order valence-corrected chi connectivity index (χ0v) is 24.8. The summed E-state index contributed by atoms with van der Waals surface area (Å²) >= 11 is 0. The predicted molar refractivity (Wildman–Crippen MR) is 160 cm³/mol. The van der Waals surface area contributed by atoms with Gasteiger partial charge in [0.15, 0.2) is 0 Å². The number of amides is 2. The van der Waals surface area contributed by atoms with E-state index in [1.165, 1.54) is 24.1 Å². The molecule has 4 rings (SSSR count). The minimum absolute atomic E-state index is 0.0484. The van der Waals surface area contributed by atoms with Gasteiger partial charge in [-0.15, -0.1) is 0 Å². The minimum atomic E-state index is -4.16. The van der Waals surface area contributed by atoms with Gasteiger partial charge < -0.3 is 15.0 Å². The second kappa shape index (κ2) is 13.7. The highest BCUT2D eigenvalue weighted by molar-refractivity contribution is 7.92. The number of nitrogens with zero attached hydrogens (tertiary/aromatic N) is 2. The fraction of sp³-hybridized carbons (Fsp3) is 0.375. The molecule has 0 bridgehead atoms. The Morgan fingerprint density at radius 3 is 2.24 bits per heavy atom. The van der Waals surface area contributed by atoms with Crippen LogP contribution in [0.3, 0.4) is 0 Å². The van der Waals surface area contributed by atoms with Crippen LogP contribution in [-0.4, -0.2) is 50.9 Å². The van der Waals surface area contributed by atoms with Gasteiger partial charge in [0.1, 0.15) is 18.3 Å². The van der Waals surface area contributed by atoms with Crippen LogP contribution in [0.1, 0.15) is 50.2 Å². The van der Waals surface area contributed by atoms with Crippen molar-refractivity contribution in [2.45, 2.75) is 69.5 Å². The lowest BCUT2D eigenvalue weighted by atomic mass is 9.95. The number of rotatable bonds is 11. The highest BCUT2D eigenvalue weighted by Gasteiger charge is 2.34. The van der Waals surface area contributed by atoms with Crippen LogP contribution >= 0.6 is 0 Å². The number of carbonyl (C=O) groups is 2. The van der Waals surface area contributed by atoms with E-state index in [1.807, 2.05) is 31.2 Å². The van der Waals surface area contributed by atoms with Crippen molar-refractivity contribution in [1.29, 1.82) is 0 Å². The Morgan fingerprint density at radius 2 is 1.56 bits per heavy atom. The van der Waals surface area contributed by atoms with Crippen LogP contribution in [0.2, 0.25) is 0 Å². The molecule has 0 aliphatic heterocycles. The Balaban J connectivity index is 1.70. The standard InChI is InChI=1S/C32H39N3O5S/c1-24-14-10-11-15-26(24)22-34(25(2)32(37)33-27-16-6-4-7-17-27)31(36)23-35(29-20-12-13-21-30(29)40-3)41(38,39)28-18-8-5-9-19-28/h5,8-15,18-21,25,27H,4,6-7,16-17,22-23H2,1-3H3,(H,33,37)/t25-/m0/s1. The van der Waals surface area contributed by atoms with Crippen molar-refractivity contribution in [2.24, 2.45) is 0 Å². The molecular weight excluding hydrogens is 538 g/mol. The topological polar surface area (TPSA) is 96.0 Å². The van der Waals surface area contributed by atoms with Crippen molar-refractivity contribution in [2.75, 3.05) is 18.0 Å². The SMILES string of the molecule is COc1ccccc1N(CC(=O)N(Cc1ccccc1C)[C@@H](C)C(=O)NC1CCCCC1)S(=O)(=O)c1ccccc1. The van der Waals surface area contributed by atoms with E-state index in [0.717, 1.165) is 47.5 Å². The summed E-state index contributed by atoms with van der Waals surface area (Å²) < 4.78 is 34.5. The third-order valence-electron chi connectivity index (χ3n) is 7.68. The van der Waals surface area contributed by atoms with Crippen LogP contribution in [0, 0.1) is 6.92 Å². The monoisotopic (exact) mass is 577 g/mol. The van der Waals surface area contributed by atoms with Gasteiger partial charge >= 0.3 is 0 Å². The molecule has 1 N–H and O–H groups in total. The van der Waals surface area contributed by atoms with Gasteiger partial charge in [-0.1, -0.05) is 73.9 Å². The van der Waals surface area contributed by atoms with E-state index < -0.39 is 28.5 Å². The molecule has 0 saturated heterocycles. The van der Waals surface area contributed by atoms with Crippen LogP contribution < -0.4 is 14.4 Å². The molecule has 0 radical (unpaired) electrons. The molecule has 41 heavy (non-hydrogen) atoms. The largest absolute Gasteiger partial charge is 0.495 e. The summed E-state index contributed by atoms with van der Waals surface area (Å²) in [7, 11) is -2.71. The van der Waals surface area contributed by atoms with Gasteiger partial charge in [0.25, 0.3) is 10.0 Å². The molecule has 1 fully saturated rings. The number of benzene rings is 3. The number of hydrogen-bond donors (Lipinski definition) is 1. The second-order valence-electron chi connectivity index (χ2n) is 10.5. The van der Waals surface area contributed by atoms with Crippen molar-refractivity contribution in [3.8, 4) is 5.75 Å². The van der Waals surface area contributed by atoms with Crippen LogP contribution in [0.4, 0.5) is 5.69 Å². The summed E-state index contributed by atoms with van der Waals surface area (Å²) in [6.45, 7) is 3.31. The van der Waals surface area contributed by atoms with Crippen LogP contribution in [0.15, 0.2) is 83.8 Å². The summed E-state index contributed by atoms with van der Waals surface area (Å²) in [6, 6.07) is 21.6. The highest BCUT2D eigenvalue weighted by Crippen LogP contribution is 2.32. The van der Waals surface area contributed by atoms with E-state index in [9.17, 15) is 18.0 Å². The molecule has 218 valence electrons. The smallest absolute Gasteiger partial charge is 0.264 e. The van der Waals surface area contributed by atoms with E-state index in [0.29, 0.717) is 5.75 Å². The van der Waals surface area contributed by atoms with Crippen molar-refractivity contribution in [3.05, 3.63) is 90.0 Å². The number of carbonyl (C=O) groups excluding carboxylic acids is 2. The Hall–Kier alpha value is -3.85. The minimum Gasteiger partial charge on any atom is -0.495 e. The third kappa shape index (κ3) is 7.27. The number of hydrogen-bond acceptors (Lipinski definition) is 5. The second-order valence-corrected chi connectivity index (χ2v) is 12.3. The molecular formula is C32H39N3O5S. The normalized spacial score (nSPS) is 14.6. The van der Waals surface area contributed by atoms with E-state index >= 15 is 0 Å². The summed E-state index contributed by atoms with van der Waals surface area (Å²) in [6.07, 6.45) is 5.13. The van der Waals surface area contributed by atoms with Gasteiger partial charge in [0.2, 0.25) is 11.8 Å². The van der Waals surface area contributed by atoms with E-state index in [-0.39, 0.29) is 29.1 Å². The lowest BCUT2D eigenvalue weighted by molar-refractivity contribution is -0.139. The number of nitrogens with one attached hydrogen (secondary N) is 1. The van der Waals surface area contributed by atoms with Crippen molar-refractivity contribution >= 4 is 27.5 Å². The molecule has 0 aromatic heterocycles. The lowest BCUT2D eigenvalue weighted by Gasteiger charge is -2.33. The van der Waals surface area contributed by atoms with E-state index in [1.54, 1.807) is 49.4 Å². The number of sulfonamides is 1. The van der Waals surface area contributed by atoms with Gasteiger partial charge in [-0.25, -0.2) is 8.42 Å². The van der Waals surface area contributed by atoms with Crippen LogP contribution in [0.5, 0.6) is 5.75 Å². The molecule has 1 aliphatic carbocycles. The first kappa shape index (κ1) is 30.1. The summed E-state index contributed by atoms with van der Waals surface area (Å²) in [5.74, 6) is -0.424. The van der Waals surface area contributed by atoms with E-state index in [2.05, 4.69) is 5.32 Å². The molecule has 2 amide bonds. The Kier molecular flexibility index (Phi) is 10.0. The molecule has 1 saturated carbocycles. The molecule has 9 heteroatoms. The summed E-state index contributed by atoms with van der Waals surface area (Å²) in [5.41, 5.74) is 2.10. The fourth-order valence-corrected chi connectivity index (χ4v) is 6.64. The Bertz CT molecular complexity index is 1440. The number of methoxy groups -OCH3 is 1. The molecule has 1 atom stereocenters. The Labute approximate surface area is 243 Å². The quantitative estimate of drug-likeness (QED) is 0.344. The molecule has 8 nitrogen and oxygen atoms in total. The average molecular weight is 578 g/mol. The number of anilines is 1. The van der Waals surface area contributed by atoms with Gasteiger partial charge in [-0.05, 0) is 62.1 Å². The molecule has 0 spiro atoms. The molecule has 3 aromatic carbocycles. The molecule has 0 unspecified atom stereocenters. The maximum atomic E-state index is 14.2. The highest BCUT2D eigenvalue weighted by atomic mass is 32.2. The van der Waals surface area contributed by atoms with Gasteiger partial charge in [-0.3, -0.25) is 13.9 Å². The first-order valence-electron chi connectivity index (χ1n) is 14.1. The zero-order valence-electron chi connectivity index (χ0n) is 24.0. The van der Waals surface area contributed by atoms with E-state index in [4.69, 9.17) is 4.74 Å². The molecule has 3 aromatic rings. The van der Waals surface area contributed by atoms with Gasteiger partial charge in [0, 0.05) is 12.6 Å². The first-order chi connectivity index (χ1) is 19.7. The van der Waals surface area contributed by atoms with Crippen molar-refractivity contribution < 1.29 is 22.7 Å². The van der Waals surface area contributed by atoms with Crippen molar-refractivity contribution in [1.82, 2.24) is 10.2 Å². The lowest BCUT2D eigenvalue weighted by Crippen LogP contribution is -2.53. The number of para-hydroxylation sites is 2. The third-order valence-corrected chi connectivity index (χ3v) is 9.46. The van der Waals surface area contributed by atoms with Crippen molar-refractivity contribution in [3.63, 3.8) is 0 Å². The van der Waals surface area contributed by atoms with Gasteiger partial charge in [0.05, 0.1) is 17.7 Å². The predicted octanol–water partition coefficient (Wildman–Crippen LogP) is 5.07. The first-order valence-corrected chi connectivity index (χ1v) is 15.5. The maximum Gasteiger partial charge on any atom is 0.264 e. The maximum absolute atomic E-state index is 14.2.